The molecule has 0 atom stereocenters. The van der Waals surface area contributed by atoms with E-state index in [0.29, 0.717) is 28.4 Å². The first-order valence-corrected chi connectivity index (χ1v) is 7.28. The van der Waals surface area contributed by atoms with E-state index in [4.69, 9.17) is 4.52 Å². The van der Waals surface area contributed by atoms with E-state index >= 15 is 0 Å². The van der Waals surface area contributed by atoms with Crippen molar-refractivity contribution < 1.29 is 14.1 Å². The van der Waals surface area contributed by atoms with Gasteiger partial charge in [-0.15, -0.1) is 0 Å². The van der Waals surface area contributed by atoms with Crippen molar-refractivity contribution in [3.05, 3.63) is 41.3 Å². The molecule has 0 bridgehead atoms. The molecular weight excluding hydrogens is 296 g/mol. The van der Waals surface area contributed by atoms with Crippen molar-refractivity contribution >= 4 is 23.3 Å². The van der Waals surface area contributed by atoms with E-state index in [-0.39, 0.29) is 17.9 Å². The van der Waals surface area contributed by atoms with Gasteiger partial charge in [-0.2, -0.15) is 0 Å². The van der Waals surface area contributed by atoms with Crippen molar-refractivity contribution in [1.29, 1.82) is 0 Å². The molecule has 0 aliphatic carbocycles. The Labute approximate surface area is 134 Å². The SMILES string of the molecule is CNC(=O)Nc1ccc(NC(=O)c2c(C)noc2C(C)C)cc1. The molecule has 7 heteroatoms. The molecule has 1 aromatic heterocycles. The van der Waals surface area contributed by atoms with Gasteiger partial charge in [-0.25, -0.2) is 4.79 Å². The molecule has 3 N–H and O–H groups in total. The van der Waals surface area contributed by atoms with Gasteiger partial charge in [-0.1, -0.05) is 19.0 Å². The monoisotopic (exact) mass is 316 g/mol. The summed E-state index contributed by atoms with van der Waals surface area (Å²) in [7, 11) is 1.54. The van der Waals surface area contributed by atoms with Crippen LogP contribution in [0.4, 0.5) is 16.2 Å². The first-order valence-electron chi connectivity index (χ1n) is 7.28. The topological polar surface area (TPSA) is 96.3 Å². The van der Waals surface area contributed by atoms with Gasteiger partial charge in [0.05, 0.1) is 5.69 Å². The van der Waals surface area contributed by atoms with Gasteiger partial charge in [0.1, 0.15) is 5.56 Å². The van der Waals surface area contributed by atoms with Gasteiger partial charge in [0.25, 0.3) is 5.91 Å². The van der Waals surface area contributed by atoms with Gasteiger partial charge >= 0.3 is 6.03 Å². The first-order chi connectivity index (χ1) is 10.9. The van der Waals surface area contributed by atoms with Gasteiger partial charge < -0.3 is 20.5 Å². The van der Waals surface area contributed by atoms with Crippen LogP contribution in [0.15, 0.2) is 28.8 Å². The van der Waals surface area contributed by atoms with Crippen molar-refractivity contribution in [1.82, 2.24) is 10.5 Å². The second kappa shape index (κ2) is 6.95. The fourth-order valence-electron chi connectivity index (χ4n) is 2.08. The number of urea groups is 1. The lowest BCUT2D eigenvalue weighted by atomic mass is 10.0. The molecule has 3 amide bonds. The van der Waals surface area contributed by atoms with E-state index in [9.17, 15) is 9.59 Å². The number of aromatic nitrogens is 1. The molecule has 23 heavy (non-hydrogen) atoms. The normalized spacial score (nSPS) is 10.5. The van der Waals surface area contributed by atoms with Gasteiger partial charge in [0.2, 0.25) is 0 Å². The minimum Gasteiger partial charge on any atom is -0.360 e. The molecule has 2 aromatic rings. The van der Waals surface area contributed by atoms with Gasteiger partial charge in [-0.05, 0) is 31.2 Å². The summed E-state index contributed by atoms with van der Waals surface area (Å²) in [5.74, 6) is 0.369. The molecule has 2 rings (SSSR count). The largest absolute Gasteiger partial charge is 0.360 e. The molecule has 122 valence electrons. The van der Waals surface area contributed by atoms with Gasteiger partial charge in [0.15, 0.2) is 5.76 Å². The van der Waals surface area contributed by atoms with Crippen LogP contribution in [0.5, 0.6) is 0 Å². The standard InChI is InChI=1S/C16H20N4O3/c1-9(2)14-13(10(3)20-23-14)15(21)18-11-5-7-12(8-6-11)19-16(22)17-4/h5-9H,1-4H3,(H,18,21)(H2,17,19,22). The number of amides is 3. The highest BCUT2D eigenvalue weighted by molar-refractivity contribution is 6.05. The number of anilines is 2. The summed E-state index contributed by atoms with van der Waals surface area (Å²) < 4.78 is 5.23. The molecule has 0 spiro atoms. The highest BCUT2D eigenvalue weighted by Gasteiger charge is 2.22. The minimum atomic E-state index is -0.302. The van der Waals surface area contributed by atoms with E-state index in [2.05, 4.69) is 21.1 Å². The minimum absolute atomic E-state index is 0.0658. The van der Waals surface area contributed by atoms with Crippen LogP contribution in [-0.4, -0.2) is 24.1 Å². The highest BCUT2D eigenvalue weighted by atomic mass is 16.5. The van der Waals surface area contributed by atoms with Crippen LogP contribution in [0.25, 0.3) is 0 Å². The lowest BCUT2D eigenvalue weighted by Crippen LogP contribution is -2.24. The molecule has 1 heterocycles. The summed E-state index contributed by atoms with van der Waals surface area (Å²) in [6.45, 7) is 5.62. The molecular formula is C16H20N4O3. The van der Waals surface area contributed by atoms with Crippen LogP contribution in [0.1, 0.15) is 41.6 Å². The van der Waals surface area contributed by atoms with Crippen molar-refractivity contribution in [3.8, 4) is 0 Å². The quantitative estimate of drug-likeness (QED) is 0.807. The number of hydrogen-bond acceptors (Lipinski definition) is 4. The number of nitrogens with one attached hydrogen (secondary N) is 3. The molecule has 7 nitrogen and oxygen atoms in total. The Kier molecular flexibility index (Phi) is 5.00. The molecule has 0 unspecified atom stereocenters. The maximum absolute atomic E-state index is 12.4. The Hall–Kier alpha value is -2.83. The summed E-state index contributed by atoms with van der Waals surface area (Å²) in [4.78, 5) is 23.7. The lowest BCUT2D eigenvalue weighted by molar-refractivity contribution is 0.102. The zero-order chi connectivity index (χ0) is 17.0. The van der Waals surface area contributed by atoms with Crippen molar-refractivity contribution in [2.45, 2.75) is 26.7 Å². The van der Waals surface area contributed by atoms with Crippen LogP contribution in [-0.2, 0) is 0 Å². The second-order valence-electron chi connectivity index (χ2n) is 5.40. The number of benzene rings is 1. The van der Waals surface area contributed by atoms with Crippen molar-refractivity contribution in [2.24, 2.45) is 0 Å². The Balaban J connectivity index is 2.12. The lowest BCUT2D eigenvalue weighted by Gasteiger charge is -2.08. The molecule has 1 aromatic carbocycles. The van der Waals surface area contributed by atoms with E-state index < -0.39 is 0 Å². The van der Waals surface area contributed by atoms with Crippen LogP contribution >= 0.6 is 0 Å². The summed E-state index contributed by atoms with van der Waals surface area (Å²) in [5, 5.41) is 11.8. The summed E-state index contributed by atoms with van der Waals surface area (Å²) in [6.07, 6.45) is 0. The van der Waals surface area contributed by atoms with Gasteiger partial charge in [-0.3, -0.25) is 4.79 Å². The van der Waals surface area contributed by atoms with E-state index in [0.717, 1.165) is 0 Å². The Morgan fingerprint density at radius 3 is 2.17 bits per heavy atom. The predicted octanol–water partition coefficient (Wildman–Crippen LogP) is 3.11. The third-order valence-corrected chi connectivity index (χ3v) is 3.27. The molecule has 0 radical (unpaired) electrons. The molecule has 0 aliphatic rings. The number of nitrogens with zero attached hydrogens (tertiary/aromatic N) is 1. The number of carbonyl (C=O) groups is 2. The second-order valence-corrected chi connectivity index (χ2v) is 5.40. The molecule has 0 fully saturated rings. The van der Waals surface area contributed by atoms with E-state index in [1.807, 2.05) is 13.8 Å². The Morgan fingerprint density at radius 2 is 1.65 bits per heavy atom. The van der Waals surface area contributed by atoms with Crippen molar-refractivity contribution in [2.75, 3.05) is 17.7 Å². The van der Waals surface area contributed by atoms with E-state index in [1.165, 1.54) is 7.05 Å². The summed E-state index contributed by atoms with van der Waals surface area (Å²) in [6, 6.07) is 6.52. The number of carbonyl (C=O) groups excluding carboxylic acids is 2. The number of aryl methyl sites for hydroxylation is 1. The average molecular weight is 316 g/mol. The highest BCUT2D eigenvalue weighted by Crippen LogP contribution is 2.23. The van der Waals surface area contributed by atoms with E-state index in [1.54, 1.807) is 31.2 Å². The smallest absolute Gasteiger partial charge is 0.318 e. The maximum Gasteiger partial charge on any atom is 0.318 e. The summed E-state index contributed by atoms with van der Waals surface area (Å²) >= 11 is 0. The van der Waals surface area contributed by atoms with Crippen LogP contribution < -0.4 is 16.0 Å². The van der Waals surface area contributed by atoms with Crippen LogP contribution in [0.2, 0.25) is 0 Å². The fourth-order valence-corrected chi connectivity index (χ4v) is 2.08. The van der Waals surface area contributed by atoms with Crippen LogP contribution in [0, 0.1) is 6.92 Å². The van der Waals surface area contributed by atoms with Crippen molar-refractivity contribution in [3.63, 3.8) is 0 Å². The molecule has 0 saturated heterocycles. The Morgan fingerprint density at radius 1 is 1.09 bits per heavy atom. The van der Waals surface area contributed by atoms with Gasteiger partial charge in [0, 0.05) is 24.3 Å². The third-order valence-electron chi connectivity index (χ3n) is 3.27. The predicted molar refractivity (Wildman–Crippen MR) is 87.8 cm³/mol. The zero-order valence-electron chi connectivity index (χ0n) is 13.6. The number of hydrogen-bond donors (Lipinski definition) is 3. The molecule has 0 saturated carbocycles. The summed E-state index contributed by atoms with van der Waals surface area (Å²) in [5.41, 5.74) is 2.27. The third kappa shape index (κ3) is 3.88. The first kappa shape index (κ1) is 16.5. The Bertz CT molecular complexity index is 705. The number of rotatable bonds is 4. The average Bonchev–Trinajstić information content (AvgIpc) is 2.91. The fraction of sp³-hybridized carbons (Fsp3) is 0.312. The molecule has 0 aliphatic heterocycles. The van der Waals surface area contributed by atoms with Crippen LogP contribution in [0.3, 0.4) is 0 Å². The zero-order valence-corrected chi connectivity index (χ0v) is 13.6. The maximum atomic E-state index is 12.4.